The number of sulfone groups is 1. The number of carbonyl (C=O) groups is 1. The van der Waals surface area contributed by atoms with Crippen molar-refractivity contribution in [2.24, 2.45) is 0 Å². The summed E-state index contributed by atoms with van der Waals surface area (Å²) in [7, 11) is -0.0896. The number of carbonyl (C=O) groups excluding carboxylic acids is 1. The van der Waals surface area contributed by atoms with E-state index in [2.05, 4.69) is 10.6 Å². The van der Waals surface area contributed by atoms with Gasteiger partial charge in [0.05, 0.1) is 37.0 Å². The van der Waals surface area contributed by atoms with Crippen LogP contribution < -0.4 is 20.1 Å². The average Bonchev–Trinajstić information content (AvgIpc) is 3.07. The zero-order valence-electron chi connectivity index (χ0n) is 15.8. The van der Waals surface area contributed by atoms with Crippen molar-refractivity contribution >= 4 is 33.2 Å². The molecule has 0 aliphatic carbocycles. The summed E-state index contributed by atoms with van der Waals surface area (Å²) in [5, 5.41) is 6.15. The normalized spacial score (nSPS) is 15.5. The van der Waals surface area contributed by atoms with Crippen molar-refractivity contribution in [3.8, 4) is 11.5 Å². The van der Waals surface area contributed by atoms with Crippen LogP contribution in [0.15, 0.2) is 46.2 Å². The first-order valence-corrected chi connectivity index (χ1v) is 11.2. The molecule has 2 N–H and O–H groups in total. The van der Waals surface area contributed by atoms with Crippen LogP contribution in [-0.4, -0.2) is 39.8 Å². The summed E-state index contributed by atoms with van der Waals surface area (Å²) >= 11 is 1.47. The summed E-state index contributed by atoms with van der Waals surface area (Å²) in [6.45, 7) is 1.60. The van der Waals surface area contributed by atoms with Gasteiger partial charge >= 0.3 is 0 Å². The minimum Gasteiger partial charge on any atom is -0.493 e. The van der Waals surface area contributed by atoms with Crippen molar-refractivity contribution in [2.45, 2.75) is 28.6 Å². The molecule has 1 aliphatic rings. The molecule has 0 radical (unpaired) electrons. The number of amides is 1. The van der Waals surface area contributed by atoms with Crippen LogP contribution in [0.4, 0.5) is 5.69 Å². The molecule has 150 valence electrons. The summed E-state index contributed by atoms with van der Waals surface area (Å²) in [6, 6.07) is 10.1. The molecule has 1 aliphatic heterocycles. The van der Waals surface area contributed by atoms with E-state index in [-0.39, 0.29) is 28.5 Å². The first-order valence-electron chi connectivity index (χ1n) is 8.66. The largest absolute Gasteiger partial charge is 0.493 e. The van der Waals surface area contributed by atoms with Gasteiger partial charge in [-0.05, 0) is 23.8 Å². The fourth-order valence-corrected chi connectivity index (χ4v) is 4.73. The number of thioether (sulfide) groups is 1. The molecule has 0 spiro atoms. The quantitative estimate of drug-likeness (QED) is 0.708. The molecule has 7 nitrogen and oxygen atoms in total. The molecule has 9 heteroatoms. The van der Waals surface area contributed by atoms with Crippen molar-refractivity contribution < 1.29 is 22.7 Å². The lowest BCUT2D eigenvalue weighted by Gasteiger charge is -2.13. The average molecular weight is 423 g/mol. The van der Waals surface area contributed by atoms with E-state index in [1.54, 1.807) is 45.4 Å². The second kappa shape index (κ2) is 8.32. The maximum atomic E-state index is 12.4. The van der Waals surface area contributed by atoms with Gasteiger partial charge in [-0.2, -0.15) is 0 Å². The van der Waals surface area contributed by atoms with Gasteiger partial charge in [-0.3, -0.25) is 4.79 Å². The topological polar surface area (TPSA) is 93.7 Å². The van der Waals surface area contributed by atoms with Crippen molar-refractivity contribution in [3.05, 3.63) is 42.0 Å². The number of nitrogens with one attached hydrogen (secondary N) is 2. The lowest BCUT2D eigenvalue weighted by atomic mass is 10.1. The zero-order chi connectivity index (χ0) is 20.3. The van der Waals surface area contributed by atoms with Crippen molar-refractivity contribution in [2.75, 3.05) is 25.3 Å². The van der Waals surface area contributed by atoms with E-state index in [4.69, 9.17) is 9.47 Å². The summed E-state index contributed by atoms with van der Waals surface area (Å²) < 4.78 is 34.3. The van der Waals surface area contributed by atoms with Crippen molar-refractivity contribution in [1.82, 2.24) is 5.32 Å². The fourth-order valence-electron chi connectivity index (χ4n) is 2.80. The summed E-state index contributed by atoms with van der Waals surface area (Å²) in [5.41, 5.74) is 1.30. The third-order valence-electron chi connectivity index (χ3n) is 4.34. The molecule has 0 bridgehead atoms. The Morgan fingerprint density at radius 3 is 2.39 bits per heavy atom. The molecular weight excluding hydrogens is 400 g/mol. The van der Waals surface area contributed by atoms with Gasteiger partial charge in [0.1, 0.15) is 0 Å². The molecule has 1 unspecified atom stereocenters. The van der Waals surface area contributed by atoms with Gasteiger partial charge < -0.3 is 20.1 Å². The monoisotopic (exact) mass is 422 g/mol. The van der Waals surface area contributed by atoms with E-state index < -0.39 is 9.84 Å². The Labute approximate surface area is 168 Å². The van der Waals surface area contributed by atoms with E-state index in [1.165, 1.54) is 11.8 Å². The molecule has 1 amide bonds. The molecule has 3 rings (SSSR count). The molecule has 1 heterocycles. The van der Waals surface area contributed by atoms with Crippen molar-refractivity contribution in [1.29, 1.82) is 0 Å². The van der Waals surface area contributed by atoms with Gasteiger partial charge in [-0.15, -0.1) is 0 Å². The van der Waals surface area contributed by atoms with Gasteiger partial charge in [-0.25, -0.2) is 8.42 Å². The molecule has 1 atom stereocenters. The van der Waals surface area contributed by atoms with Gasteiger partial charge in [0.2, 0.25) is 5.91 Å². The number of methoxy groups -OCH3 is 2. The standard InChI is InChI=1S/C19H22N2O5S2/c1-4-28(23,24)13-7-5-12(6-8-13)9-18(22)21-19-20-14-10-15(25-2)16(26-3)11-17(14)27-19/h5-8,10-11,19-20H,4,9H2,1-3H3,(H,21,22). The molecule has 0 aromatic heterocycles. The predicted octanol–water partition coefficient (Wildman–Crippen LogP) is 2.66. The highest BCUT2D eigenvalue weighted by Crippen LogP contribution is 2.44. The van der Waals surface area contributed by atoms with Crippen LogP contribution in [0, 0.1) is 0 Å². The number of fused-ring (bicyclic) bond motifs is 1. The van der Waals surface area contributed by atoms with Crippen LogP contribution in [0.5, 0.6) is 11.5 Å². The Balaban J connectivity index is 1.61. The van der Waals surface area contributed by atoms with Crippen LogP contribution in [0.25, 0.3) is 0 Å². The smallest absolute Gasteiger partial charge is 0.226 e. The number of ether oxygens (including phenoxy) is 2. The van der Waals surface area contributed by atoms with Crippen LogP contribution in [0.1, 0.15) is 12.5 Å². The van der Waals surface area contributed by atoms with Crippen LogP contribution in [0.2, 0.25) is 0 Å². The maximum Gasteiger partial charge on any atom is 0.226 e. The highest BCUT2D eigenvalue weighted by Gasteiger charge is 2.25. The molecule has 28 heavy (non-hydrogen) atoms. The van der Waals surface area contributed by atoms with Crippen LogP contribution >= 0.6 is 11.8 Å². The highest BCUT2D eigenvalue weighted by molar-refractivity contribution is 8.00. The molecule has 2 aromatic carbocycles. The minimum atomic E-state index is -3.24. The zero-order valence-corrected chi connectivity index (χ0v) is 17.4. The maximum absolute atomic E-state index is 12.4. The van der Waals surface area contributed by atoms with E-state index in [9.17, 15) is 13.2 Å². The molecule has 2 aromatic rings. The van der Waals surface area contributed by atoms with Crippen molar-refractivity contribution in [3.63, 3.8) is 0 Å². The number of anilines is 1. The molecule has 0 fully saturated rings. The Morgan fingerprint density at radius 2 is 1.79 bits per heavy atom. The lowest BCUT2D eigenvalue weighted by molar-refractivity contribution is -0.120. The van der Waals surface area contributed by atoms with E-state index >= 15 is 0 Å². The number of hydrogen-bond donors (Lipinski definition) is 2. The Hall–Kier alpha value is -2.39. The van der Waals surface area contributed by atoms with Gasteiger partial charge in [-0.1, -0.05) is 30.8 Å². The SMILES string of the molecule is CCS(=O)(=O)c1ccc(CC(=O)NC2Nc3cc(OC)c(OC)cc3S2)cc1. The summed E-state index contributed by atoms with van der Waals surface area (Å²) in [5.74, 6) is 1.13. The Morgan fingerprint density at radius 1 is 1.14 bits per heavy atom. The third-order valence-corrected chi connectivity index (χ3v) is 7.15. The number of hydrogen-bond acceptors (Lipinski definition) is 7. The molecular formula is C19H22N2O5S2. The second-order valence-corrected chi connectivity index (χ2v) is 9.56. The first kappa shape index (κ1) is 20.3. The summed E-state index contributed by atoms with van der Waals surface area (Å²) in [4.78, 5) is 13.6. The fraction of sp³-hybridized carbons (Fsp3) is 0.316. The molecule has 0 saturated carbocycles. The van der Waals surface area contributed by atoms with Crippen LogP contribution in [-0.2, 0) is 21.1 Å². The van der Waals surface area contributed by atoms with E-state index in [1.807, 2.05) is 12.1 Å². The first-order chi connectivity index (χ1) is 13.4. The number of benzene rings is 2. The molecule has 0 saturated heterocycles. The predicted molar refractivity (Wildman–Crippen MR) is 109 cm³/mol. The second-order valence-electron chi connectivity index (χ2n) is 6.14. The van der Waals surface area contributed by atoms with Gasteiger partial charge in [0.25, 0.3) is 0 Å². The third kappa shape index (κ3) is 4.36. The van der Waals surface area contributed by atoms with Gasteiger partial charge in [0.15, 0.2) is 26.8 Å². The van der Waals surface area contributed by atoms with Crippen LogP contribution in [0.3, 0.4) is 0 Å². The van der Waals surface area contributed by atoms with E-state index in [0.29, 0.717) is 11.5 Å². The highest BCUT2D eigenvalue weighted by atomic mass is 32.2. The lowest BCUT2D eigenvalue weighted by Crippen LogP contribution is -2.36. The van der Waals surface area contributed by atoms with E-state index in [0.717, 1.165) is 16.1 Å². The Bertz CT molecular complexity index is 942. The minimum absolute atomic E-state index is 0.0491. The summed E-state index contributed by atoms with van der Waals surface area (Å²) in [6.07, 6.45) is 0.161. The Kier molecular flexibility index (Phi) is 6.04. The number of rotatable bonds is 7. The van der Waals surface area contributed by atoms with Gasteiger partial charge in [0, 0.05) is 11.0 Å².